The molecule has 2 bridgehead atoms. The molecule has 3 amide bonds. The molecule has 0 aromatic carbocycles. The first kappa shape index (κ1) is 14.8. The van der Waals surface area contributed by atoms with Gasteiger partial charge < -0.3 is 15.5 Å². The Morgan fingerprint density at radius 2 is 1.79 bits per heavy atom. The van der Waals surface area contributed by atoms with E-state index in [4.69, 9.17) is 5.73 Å². The van der Waals surface area contributed by atoms with Crippen LogP contribution in [0.2, 0.25) is 0 Å². The molecular weight excluding hydrogens is 302 g/mol. The molecule has 130 valence electrons. The summed E-state index contributed by atoms with van der Waals surface area (Å²) in [6.07, 6.45) is 13.7. The molecule has 6 rings (SSSR count). The average molecular weight is 329 g/mol. The summed E-state index contributed by atoms with van der Waals surface area (Å²) in [5, 5.41) is 0. The van der Waals surface area contributed by atoms with Crippen LogP contribution in [0.5, 0.6) is 0 Å². The van der Waals surface area contributed by atoms with E-state index in [2.05, 4.69) is 22.0 Å². The first-order chi connectivity index (χ1) is 11.5. The molecule has 2 aliphatic heterocycles. The van der Waals surface area contributed by atoms with E-state index in [1.165, 1.54) is 12.8 Å². The van der Waals surface area contributed by atoms with Crippen molar-refractivity contribution in [3.8, 4) is 0 Å². The lowest BCUT2D eigenvalue weighted by Crippen LogP contribution is -2.60. The third-order valence-corrected chi connectivity index (χ3v) is 7.79. The Morgan fingerprint density at radius 1 is 1.12 bits per heavy atom. The number of carbonyl (C=O) groups excluding carboxylic acids is 2. The topological polar surface area (TPSA) is 66.6 Å². The summed E-state index contributed by atoms with van der Waals surface area (Å²) in [6.45, 7) is 1.62. The van der Waals surface area contributed by atoms with Crippen LogP contribution < -0.4 is 5.73 Å². The highest BCUT2D eigenvalue weighted by atomic mass is 16.2. The largest absolute Gasteiger partial charge is 0.369 e. The molecular formula is C19H27N3O2. The van der Waals surface area contributed by atoms with Crippen molar-refractivity contribution in [1.82, 2.24) is 9.80 Å². The number of rotatable bonds is 4. The highest BCUT2D eigenvalue weighted by Gasteiger charge is 2.61. The van der Waals surface area contributed by atoms with Gasteiger partial charge >= 0.3 is 6.03 Å². The van der Waals surface area contributed by atoms with Crippen molar-refractivity contribution in [3.05, 3.63) is 12.2 Å². The minimum absolute atomic E-state index is 0.0248. The quantitative estimate of drug-likeness (QED) is 0.805. The molecule has 4 saturated carbocycles. The van der Waals surface area contributed by atoms with Gasteiger partial charge in [0.1, 0.15) is 0 Å². The van der Waals surface area contributed by atoms with E-state index < -0.39 is 0 Å². The summed E-state index contributed by atoms with van der Waals surface area (Å²) in [5.41, 5.74) is 5.32. The lowest BCUT2D eigenvalue weighted by Gasteiger charge is -2.55. The number of fused-ring (bicyclic) bond motifs is 4. The molecule has 5 fully saturated rings. The predicted molar refractivity (Wildman–Crippen MR) is 90.1 cm³/mol. The Bertz CT molecular complexity index is 614. The molecule has 5 nitrogen and oxygen atoms in total. The molecule has 0 aromatic rings. The van der Waals surface area contributed by atoms with Gasteiger partial charge in [-0.1, -0.05) is 25.0 Å². The number of carbonyl (C=O) groups is 2. The third kappa shape index (κ3) is 1.81. The van der Waals surface area contributed by atoms with E-state index in [9.17, 15) is 9.59 Å². The van der Waals surface area contributed by atoms with E-state index in [1.54, 1.807) is 0 Å². The number of urea groups is 1. The number of hydrogen-bond donors (Lipinski definition) is 1. The maximum absolute atomic E-state index is 13.2. The van der Waals surface area contributed by atoms with Crippen LogP contribution in [0.3, 0.4) is 0 Å². The van der Waals surface area contributed by atoms with Crippen LogP contribution in [0.1, 0.15) is 57.8 Å². The van der Waals surface area contributed by atoms with Gasteiger partial charge in [-0.2, -0.15) is 0 Å². The smallest absolute Gasteiger partial charge is 0.321 e. The maximum atomic E-state index is 13.2. The van der Waals surface area contributed by atoms with Crippen LogP contribution in [0.15, 0.2) is 12.2 Å². The van der Waals surface area contributed by atoms with Gasteiger partial charge in [0, 0.05) is 24.0 Å². The van der Waals surface area contributed by atoms with Gasteiger partial charge in [0.15, 0.2) is 0 Å². The molecule has 2 N–H and O–H groups in total. The van der Waals surface area contributed by atoms with Crippen LogP contribution in [0, 0.1) is 11.3 Å². The highest BCUT2D eigenvalue weighted by Crippen LogP contribution is 2.57. The molecule has 24 heavy (non-hydrogen) atoms. The summed E-state index contributed by atoms with van der Waals surface area (Å²) < 4.78 is 0. The van der Waals surface area contributed by atoms with E-state index in [0.29, 0.717) is 0 Å². The van der Waals surface area contributed by atoms with Gasteiger partial charge in [-0.05, 0) is 50.9 Å². The summed E-state index contributed by atoms with van der Waals surface area (Å²) in [6, 6.07) is 0.231. The first-order valence-electron chi connectivity index (χ1n) is 9.56. The van der Waals surface area contributed by atoms with E-state index in [0.717, 1.165) is 64.0 Å². The van der Waals surface area contributed by atoms with Gasteiger partial charge in [-0.25, -0.2) is 4.79 Å². The van der Waals surface area contributed by atoms with Crippen molar-refractivity contribution in [2.75, 3.05) is 13.1 Å². The Hall–Kier alpha value is -1.52. The zero-order chi connectivity index (χ0) is 16.6. The number of primary amides is 1. The first-order valence-corrected chi connectivity index (χ1v) is 9.56. The van der Waals surface area contributed by atoms with Crippen molar-refractivity contribution in [2.45, 2.75) is 68.9 Å². The zero-order valence-corrected chi connectivity index (χ0v) is 14.3. The van der Waals surface area contributed by atoms with Crippen molar-refractivity contribution in [2.24, 2.45) is 17.1 Å². The minimum atomic E-state index is -0.285. The fourth-order valence-corrected chi connectivity index (χ4v) is 5.92. The van der Waals surface area contributed by atoms with Gasteiger partial charge in [0.2, 0.25) is 5.91 Å². The summed E-state index contributed by atoms with van der Waals surface area (Å²) in [7, 11) is 0. The molecule has 0 radical (unpaired) electrons. The minimum Gasteiger partial charge on any atom is -0.369 e. The van der Waals surface area contributed by atoms with Crippen LogP contribution in [-0.2, 0) is 4.79 Å². The Balaban J connectivity index is 1.41. The Morgan fingerprint density at radius 3 is 2.38 bits per heavy atom. The average Bonchev–Trinajstić information content (AvgIpc) is 3.23. The monoisotopic (exact) mass is 329 g/mol. The maximum Gasteiger partial charge on any atom is 0.321 e. The second kappa shape index (κ2) is 4.55. The summed E-state index contributed by atoms with van der Waals surface area (Å²) in [4.78, 5) is 29.4. The summed E-state index contributed by atoms with van der Waals surface area (Å²) >= 11 is 0. The molecule has 5 heteroatoms. The predicted octanol–water partition coefficient (Wildman–Crippen LogP) is 2.41. The molecule has 4 aliphatic carbocycles. The molecule has 0 spiro atoms. The summed E-state index contributed by atoms with van der Waals surface area (Å²) in [5.74, 6) is 0.679. The fourth-order valence-electron chi connectivity index (χ4n) is 5.92. The standard InChI is InChI=1S/C19H27N3O2/c20-15(23)17-5-8-18(9-6-17,10-7-17)22-13-19(12-14-2-3-14)4-1-11-21(19)16(22)24/h1,4,14H,2-3,5-13H2,(H2,20,23)/t17?,18?,19-/m1/s1. The van der Waals surface area contributed by atoms with E-state index in [-0.39, 0.29) is 28.4 Å². The second-order valence-electron chi connectivity index (χ2n) is 9.00. The Labute approximate surface area is 143 Å². The van der Waals surface area contributed by atoms with Crippen LogP contribution in [0.4, 0.5) is 4.79 Å². The molecule has 1 saturated heterocycles. The van der Waals surface area contributed by atoms with Gasteiger partial charge in [-0.15, -0.1) is 0 Å². The SMILES string of the molecule is NC(=O)C12CCC(N3C[C@]4(CC5CC5)C=CCN4C3=O)(CC1)CC2. The third-order valence-electron chi connectivity index (χ3n) is 7.79. The Kier molecular flexibility index (Phi) is 2.81. The van der Waals surface area contributed by atoms with Gasteiger partial charge in [-0.3, -0.25) is 4.79 Å². The van der Waals surface area contributed by atoms with E-state index >= 15 is 0 Å². The van der Waals surface area contributed by atoms with Crippen molar-refractivity contribution in [1.29, 1.82) is 0 Å². The van der Waals surface area contributed by atoms with Crippen LogP contribution >= 0.6 is 0 Å². The van der Waals surface area contributed by atoms with Crippen molar-refractivity contribution < 1.29 is 9.59 Å². The van der Waals surface area contributed by atoms with Crippen LogP contribution in [0.25, 0.3) is 0 Å². The van der Waals surface area contributed by atoms with Crippen LogP contribution in [-0.4, -0.2) is 45.9 Å². The number of nitrogens with zero attached hydrogens (tertiary/aromatic N) is 2. The van der Waals surface area contributed by atoms with E-state index in [1.807, 2.05) is 0 Å². The normalized spacial score (nSPS) is 43.6. The molecule has 0 unspecified atom stereocenters. The van der Waals surface area contributed by atoms with Gasteiger partial charge in [0.05, 0.1) is 5.54 Å². The van der Waals surface area contributed by atoms with Crippen molar-refractivity contribution >= 4 is 11.9 Å². The molecule has 0 aromatic heterocycles. The number of nitrogens with two attached hydrogens (primary N) is 1. The lowest BCUT2D eigenvalue weighted by atomic mass is 9.56. The zero-order valence-electron chi connectivity index (χ0n) is 14.3. The van der Waals surface area contributed by atoms with Gasteiger partial charge in [0.25, 0.3) is 0 Å². The highest BCUT2D eigenvalue weighted by molar-refractivity contribution is 5.83. The van der Waals surface area contributed by atoms with Crippen molar-refractivity contribution in [3.63, 3.8) is 0 Å². The lowest BCUT2D eigenvalue weighted by molar-refractivity contribution is -0.137. The molecule has 1 atom stereocenters. The fraction of sp³-hybridized carbons (Fsp3) is 0.789. The number of hydrogen-bond acceptors (Lipinski definition) is 2. The molecule has 2 heterocycles. The number of amides is 3. The second-order valence-corrected chi connectivity index (χ2v) is 9.00. The molecule has 6 aliphatic rings.